The van der Waals surface area contributed by atoms with Crippen molar-refractivity contribution >= 4 is 33.8 Å². The van der Waals surface area contributed by atoms with Crippen molar-refractivity contribution in [3.05, 3.63) is 34.3 Å². The van der Waals surface area contributed by atoms with E-state index in [9.17, 15) is 4.79 Å². The summed E-state index contributed by atoms with van der Waals surface area (Å²) >= 11 is 1.53. The molecule has 0 aliphatic heterocycles. The summed E-state index contributed by atoms with van der Waals surface area (Å²) in [5.74, 6) is -0.519. The molecule has 2 rings (SSSR count). The summed E-state index contributed by atoms with van der Waals surface area (Å²) < 4.78 is 0. The highest BCUT2D eigenvalue weighted by atomic mass is 32.1. The van der Waals surface area contributed by atoms with Gasteiger partial charge in [-0.05, 0) is 32.0 Å². The van der Waals surface area contributed by atoms with Gasteiger partial charge in [-0.15, -0.1) is 11.3 Å². The number of anilines is 3. The van der Waals surface area contributed by atoms with Gasteiger partial charge < -0.3 is 16.8 Å². The van der Waals surface area contributed by atoms with Crippen LogP contribution in [0.3, 0.4) is 0 Å². The predicted molar refractivity (Wildman–Crippen MR) is 74.2 cm³/mol. The Balaban J connectivity index is 2.36. The third-order valence-electron chi connectivity index (χ3n) is 2.58. The summed E-state index contributed by atoms with van der Waals surface area (Å²) in [7, 11) is 0. The number of nitrogens with zero attached hydrogens (tertiary/aromatic N) is 1. The lowest BCUT2D eigenvalue weighted by Crippen LogP contribution is -2.13. The number of nitrogen functional groups attached to an aromatic ring is 1. The van der Waals surface area contributed by atoms with Crippen molar-refractivity contribution in [3.8, 4) is 0 Å². The molecule has 1 aromatic heterocycles. The fraction of sp³-hybridized carbons (Fsp3) is 0.167. The second kappa shape index (κ2) is 4.66. The second-order valence-corrected chi connectivity index (χ2v) is 5.16. The van der Waals surface area contributed by atoms with Crippen LogP contribution in [-0.4, -0.2) is 10.9 Å². The maximum absolute atomic E-state index is 11.3. The molecule has 0 spiro atoms. The number of carbonyl (C=O) groups excluding carboxylic acids is 1. The number of primary amides is 1. The van der Waals surface area contributed by atoms with Crippen molar-refractivity contribution in [3.63, 3.8) is 0 Å². The summed E-state index contributed by atoms with van der Waals surface area (Å²) in [5, 5.41) is 3.83. The van der Waals surface area contributed by atoms with E-state index in [-0.39, 0.29) is 0 Å². The third kappa shape index (κ3) is 2.43. The Bertz CT molecular complexity index is 587. The van der Waals surface area contributed by atoms with Gasteiger partial charge in [-0.1, -0.05) is 0 Å². The van der Waals surface area contributed by atoms with Crippen molar-refractivity contribution in [2.24, 2.45) is 5.73 Å². The maximum atomic E-state index is 11.3. The molecular weight excluding hydrogens is 248 g/mol. The van der Waals surface area contributed by atoms with Crippen LogP contribution >= 0.6 is 11.3 Å². The van der Waals surface area contributed by atoms with E-state index >= 15 is 0 Å². The number of aryl methyl sites for hydroxylation is 2. The van der Waals surface area contributed by atoms with E-state index in [0.29, 0.717) is 16.9 Å². The van der Waals surface area contributed by atoms with E-state index in [4.69, 9.17) is 11.5 Å². The molecule has 18 heavy (non-hydrogen) atoms. The minimum Gasteiger partial charge on any atom is -0.399 e. The molecule has 5 nitrogen and oxygen atoms in total. The number of nitrogens with one attached hydrogen (secondary N) is 1. The van der Waals surface area contributed by atoms with Gasteiger partial charge in [0.25, 0.3) is 5.91 Å². The number of hydrogen-bond acceptors (Lipinski definition) is 5. The highest BCUT2D eigenvalue weighted by Crippen LogP contribution is 2.27. The van der Waals surface area contributed by atoms with Gasteiger partial charge in [0.2, 0.25) is 0 Å². The smallest absolute Gasteiger partial charge is 0.250 e. The molecule has 94 valence electrons. The summed E-state index contributed by atoms with van der Waals surface area (Å²) in [4.78, 5) is 16.8. The van der Waals surface area contributed by atoms with Crippen LogP contribution in [0, 0.1) is 13.8 Å². The first kappa shape index (κ1) is 12.4. The Kier molecular flexibility index (Phi) is 3.20. The minimum absolute atomic E-state index is 0.362. The highest BCUT2D eigenvalue weighted by Gasteiger charge is 2.11. The molecule has 0 aliphatic carbocycles. The number of hydrogen-bond donors (Lipinski definition) is 3. The zero-order valence-corrected chi connectivity index (χ0v) is 11.0. The van der Waals surface area contributed by atoms with E-state index in [0.717, 1.165) is 15.7 Å². The molecule has 0 fully saturated rings. The lowest BCUT2D eigenvalue weighted by atomic mass is 10.1. The fourth-order valence-electron chi connectivity index (χ4n) is 1.52. The first-order chi connectivity index (χ1) is 8.47. The highest BCUT2D eigenvalue weighted by molar-refractivity contribution is 7.15. The van der Waals surface area contributed by atoms with Crippen LogP contribution in [0.4, 0.5) is 16.5 Å². The van der Waals surface area contributed by atoms with Crippen LogP contribution in [0.25, 0.3) is 0 Å². The molecule has 0 bridgehead atoms. The van der Waals surface area contributed by atoms with Gasteiger partial charge in [-0.2, -0.15) is 0 Å². The van der Waals surface area contributed by atoms with Gasteiger partial charge in [0.05, 0.1) is 16.9 Å². The average molecular weight is 262 g/mol. The summed E-state index contributed by atoms with van der Waals surface area (Å²) in [5.41, 5.74) is 13.4. The first-order valence-corrected chi connectivity index (χ1v) is 6.19. The molecule has 0 aliphatic rings. The standard InChI is InChI=1S/C12H14N4OS/c1-6-7(2)18-12(15-6)16-10-4-3-8(13)5-9(10)11(14)17/h3-5H,13H2,1-2H3,(H2,14,17)(H,15,16). The fourth-order valence-corrected chi connectivity index (χ4v) is 2.34. The van der Waals surface area contributed by atoms with Gasteiger partial charge in [-0.25, -0.2) is 4.98 Å². The Morgan fingerprint density at radius 3 is 2.67 bits per heavy atom. The monoisotopic (exact) mass is 262 g/mol. The molecule has 0 unspecified atom stereocenters. The molecular formula is C12H14N4OS. The van der Waals surface area contributed by atoms with Crippen LogP contribution in [0.2, 0.25) is 0 Å². The minimum atomic E-state index is -0.519. The second-order valence-electron chi connectivity index (χ2n) is 3.95. The molecule has 1 amide bonds. The molecule has 6 heteroatoms. The van der Waals surface area contributed by atoms with E-state index < -0.39 is 5.91 Å². The van der Waals surface area contributed by atoms with Crippen LogP contribution in [0.1, 0.15) is 20.9 Å². The number of aromatic nitrogens is 1. The number of carbonyl (C=O) groups is 1. The molecule has 1 heterocycles. The van der Waals surface area contributed by atoms with Gasteiger partial charge in [-0.3, -0.25) is 4.79 Å². The first-order valence-electron chi connectivity index (χ1n) is 5.37. The Morgan fingerprint density at radius 2 is 2.11 bits per heavy atom. The molecule has 0 radical (unpaired) electrons. The van der Waals surface area contributed by atoms with Crippen molar-refractivity contribution in [2.45, 2.75) is 13.8 Å². The Hall–Kier alpha value is -2.08. The number of amides is 1. The zero-order valence-electron chi connectivity index (χ0n) is 10.2. The third-order valence-corrected chi connectivity index (χ3v) is 3.57. The van der Waals surface area contributed by atoms with Crippen LogP contribution in [0.5, 0.6) is 0 Å². The van der Waals surface area contributed by atoms with Gasteiger partial charge in [0, 0.05) is 10.6 Å². The summed E-state index contributed by atoms with van der Waals surface area (Å²) in [6, 6.07) is 4.99. The lowest BCUT2D eigenvalue weighted by Gasteiger charge is -2.08. The number of thiazole rings is 1. The van der Waals surface area contributed by atoms with E-state index in [2.05, 4.69) is 10.3 Å². The molecule has 0 saturated heterocycles. The van der Waals surface area contributed by atoms with Gasteiger partial charge >= 0.3 is 0 Å². The molecule has 2 aromatic rings. The van der Waals surface area contributed by atoms with Gasteiger partial charge in [0.1, 0.15) is 0 Å². The average Bonchev–Trinajstić information content (AvgIpc) is 2.60. The number of rotatable bonds is 3. The normalized spacial score (nSPS) is 10.3. The summed E-state index contributed by atoms with van der Waals surface area (Å²) in [6.07, 6.45) is 0. The lowest BCUT2D eigenvalue weighted by molar-refractivity contribution is 0.100. The van der Waals surface area contributed by atoms with Crippen LogP contribution in [-0.2, 0) is 0 Å². The largest absolute Gasteiger partial charge is 0.399 e. The van der Waals surface area contributed by atoms with E-state index in [1.54, 1.807) is 18.2 Å². The van der Waals surface area contributed by atoms with Crippen molar-refractivity contribution in [2.75, 3.05) is 11.1 Å². The molecule has 0 saturated carbocycles. The number of nitrogens with two attached hydrogens (primary N) is 2. The Labute approximate surface area is 109 Å². The quantitative estimate of drug-likeness (QED) is 0.739. The van der Waals surface area contributed by atoms with Crippen molar-refractivity contribution < 1.29 is 4.79 Å². The molecule has 1 aromatic carbocycles. The predicted octanol–water partition coefficient (Wildman–Crippen LogP) is 2.18. The summed E-state index contributed by atoms with van der Waals surface area (Å²) in [6.45, 7) is 3.94. The van der Waals surface area contributed by atoms with Crippen LogP contribution in [0.15, 0.2) is 18.2 Å². The van der Waals surface area contributed by atoms with E-state index in [1.165, 1.54) is 11.3 Å². The number of benzene rings is 1. The van der Waals surface area contributed by atoms with E-state index in [1.807, 2.05) is 13.8 Å². The Morgan fingerprint density at radius 1 is 1.39 bits per heavy atom. The van der Waals surface area contributed by atoms with Crippen molar-refractivity contribution in [1.29, 1.82) is 0 Å². The van der Waals surface area contributed by atoms with Gasteiger partial charge in [0.15, 0.2) is 5.13 Å². The molecule has 5 N–H and O–H groups in total. The zero-order chi connectivity index (χ0) is 13.3. The SMILES string of the molecule is Cc1nc(Nc2ccc(N)cc2C(N)=O)sc1C. The maximum Gasteiger partial charge on any atom is 0.250 e. The van der Waals surface area contributed by atoms with Crippen molar-refractivity contribution in [1.82, 2.24) is 4.98 Å². The molecule has 0 atom stereocenters. The topological polar surface area (TPSA) is 94.0 Å². The van der Waals surface area contributed by atoms with Crippen LogP contribution < -0.4 is 16.8 Å².